The highest BCUT2D eigenvalue weighted by atomic mass is 32.1. The van der Waals surface area contributed by atoms with Gasteiger partial charge in [0.15, 0.2) is 22.4 Å². The average molecular weight is 743 g/mol. The van der Waals surface area contributed by atoms with Crippen LogP contribution in [-0.4, -0.2) is 73.9 Å². The monoisotopic (exact) mass is 742 g/mol. The maximum absolute atomic E-state index is 14.5. The third-order valence-corrected chi connectivity index (χ3v) is 20.9. The van der Waals surface area contributed by atoms with Gasteiger partial charge in [-0.1, -0.05) is 79.7 Å². The van der Waals surface area contributed by atoms with Crippen LogP contribution in [0.25, 0.3) is 10.4 Å². The number of rotatable bonds is 12. The number of amides is 2. The lowest BCUT2D eigenvalue weighted by atomic mass is 9.91. The molecule has 1 saturated heterocycles. The standard InChI is InChI=1S/C37H58N4O6SSi2/c1-23(2)32(30-19-31(42)40-46-30)35(44)41-20-27(47-50(12,13)37(7,8)9)18-29(41)34(43)39-28(21-45-49(10,11)36(4,5)6)25-14-16-26(17-15-25)33-24(3)38-22-48-33/h14-17,19,22-23,27-29,32H,18,20-21H2,1-13H3,(H,39,43)(H,40,42)/t27-,28?,29+,32?/m1/s1. The summed E-state index contributed by atoms with van der Waals surface area (Å²) in [6.45, 7) is 28.3. The first-order valence-corrected chi connectivity index (χ1v) is 24.3. The van der Waals surface area contributed by atoms with Gasteiger partial charge in [0.1, 0.15) is 12.0 Å². The third-order valence-electron chi connectivity index (χ3n) is 10.9. The predicted octanol–water partition coefficient (Wildman–Crippen LogP) is 8.42. The number of nitrogens with zero attached hydrogens (tertiary/aromatic N) is 3. The average Bonchev–Trinajstić information content (AvgIpc) is 3.73. The van der Waals surface area contributed by atoms with Crippen molar-refractivity contribution in [2.24, 2.45) is 5.92 Å². The van der Waals surface area contributed by atoms with Gasteiger partial charge in [-0.25, -0.2) is 4.98 Å². The Labute approximate surface area is 304 Å². The molecule has 10 nitrogen and oxygen atoms in total. The van der Waals surface area contributed by atoms with Crippen LogP contribution in [-0.2, 0) is 18.4 Å². The van der Waals surface area contributed by atoms with Crippen LogP contribution < -0.4 is 5.32 Å². The van der Waals surface area contributed by atoms with Crippen molar-refractivity contribution < 1.29 is 28.1 Å². The molecule has 1 aromatic carbocycles. The lowest BCUT2D eigenvalue weighted by molar-refractivity contribution is -0.141. The first kappa shape index (κ1) is 39.9. The minimum Gasteiger partial charge on any atom is -0.491 e. The topological polar surface area (TPSA) is 127 Å². The highest BCUT2D eigenvalue weighted by molar-refractivity contribution is 7.13. The molecule has 2 aromatic heterocycles. The molecule has 2 unspecified atom stereocenters. The van der Waals surface area contributed by atoms with Crippen molar-refractivity contribution in [3.8, 4) is 16.3 Å². The molecule has 3 heterocycles. The summed E-state index contributed by atoms with van der Waals surface area (Å²) in [4.78, 5) is 36.1. The molecule has 4 atom stereocenters. The van der Waals surface area contributed by atoms with Crippen LogP contribution in [0.4, 0.5) is 0 Å². The first-order valence-electron chi connectivity index (χ1n) is 17.6. The van der Waals surface area contributed by atoms with Crippen molar-refractivity contribution in [3.05, 3.63) is 52.9 Å². The molecule has 0 radical (unpaired) electrons. The van der Waals surface area contributed by atoms with Gasteiger partial charge in [-0.2, -0.15) is 0 Å². The highest BCUT2D eigenvalue weighted by Gasteiger charge is 2.48. The number of carbonyl (C=O) groups is 2. The summed E-state index contributed by atoms with van der Waals surface area (Å²) < 4.78 is 18.9. The summed E-state index contributed by atoms with van der Waals surface area (Å²) in [7, 11) is -4.40. The van der Waals surface area contributed by atoms with Crippen molar-refractivity contribution in [2.45, 2.75) is 129 Å². The Balaban J connectivity index is 1.68. The SMILES string of the molecule is Cc1ncsc1-c1ccc(C(CO[Si](C)(C)C(C)(C)C)NC(=O)[C@@H]2C[C@@H](O[Si](C)(C)C(C)(C)C)CN2C(=O)C(c2cc(O)no2)C(C)C)cc1. The van der Waals surface area contributed by atoms with E-state index in [1.807, 2.05) is 38.4 Å². The van der Waals surface area contributed by atoms with Gasteiger partial charge in [0.25, 0.3) is 5.88 Å². The molecule has 50 heavy (non-hydrogen) atoms. The van der Waals surface area contributed by atoms with Crippen molar-refractivity contribution in [3.63, 3.8) is 0 Å². The maximum Gasteiger partial charge on any atom is 0.251 e. The van der Waals surface area contributed by atoms with Crippen LogP contribution in [0.3, 0.4) is 0 Å². The zero-order chi connectivity index (χ0) is 37.4. The number of hydrogen-bond acceptors (Lipinski definition) is 9. The molecule has 0 bridgehead atoms. The van der Waals surface area contributed by atoms with Crippen molar-refractivity contribution in [1.29, 1.82) is 0 Å². The second-order valence-corrected chi connectivity index (χ2v) is 27.5. The van der Waals surface area contributed by atoms with E-state index in [2.05, 4.69) is 95.3 Å². The molecule has 0 spiro atoms. The van der Waals surface area contributed by atoms with Crippen molar-refractivity contribution in [2.75, 3.05) is 13.2 Å². The minimum absolute atomic E-state index is 0.0148. The zero-order valence-electron chi connectivity index (χ0n) is 32.2. The summed E-state index contributed by atoms with van der Waals surface area (Å²) in [5.74, 6) is -1.43. The fraction of sp³-hybridized carbons (Fsp3) is 0.622. The molecule has 4 rings (SSSR count). The van der Waals surface area contributed by atoms with E-state index in [9.17, 15) is 14.7 Å². The van der Waals surface area contributed by atoms with Gasteiger partial charge in [0.05, 0.1) is 34.8 Å². The van der Waals surface area contributed by atoms with Crippen LogP contribution in [0.15, 0.2) is 40.4 Å². The summed E-state index contributed by atoms with van der Waals surface area (Å²) in [5.41, 5.74) is 4.82. The van der Waals surface area contributed by atoms with Gasteiger partial charge < -0.3 is 28.7 Å². The number of aromatic hydroxyl groups is 1. The normalized spacial score (nSPS) is 18.8. The smallest absolute Gasteiger partial charge is 0.251 e. The Bertz CT molecular complexity index is 1620. The molecule has 2 amide bonds. The number of likely N-dealkylation sites (tertiary alicyclic amines) is 1. The molecule has 1 fully saturated rings. The van der Waals surface area contributed by atoms with Gasteiger partial charge in [0, 0.05) is 19.0 Å². The Morgan fingerprint density at radius 2 is 1.68 bits per heavy atom. The molecule has 2 N–H and O–H groups in total. The minimum atomic E-state index is -2.23. The molecule has 3 aromatic rings. The zero-order valence-corrected chi connectivity index (χ0v) is 35.0. The van der Waals surface area contributed by atoms with E-state index in [-0.39, 0.29) is 52.1 Å². The van der Waals surface area contributed by atoms with Crippen molar-refractivity contribution >= 4 is 39.8 Å². The summed E-state index contributed by atoms with van der Waals surface area (Å²) in [6, 6.07) is 8.37. The van der Waals surface area contributed by atoms with E-state index in [0.29, 0.717) is 13.0 Å². The van der Waals surface area contributed by atoms with Gasteiger partial charge in [-0.15, -0.1) is 11.3 Å². The van der Waals surface area contributed by atoms with E-state index >= 15 is 0 Å². The van der Waals surface area contributed by atoms with E-state index in [0.717, 1.165) is 21.7 Å². The van der Waals surface area contributed by atoms with Crippen molar-refractivity contribution in [1.82, 2.24) is 20.4 Å². The molecule has 0 aliphatic carbocycles. The molecular formula is C37H58N4O6SSi2. The number of hydrogen-bond donors (Lipinski definition) is 2. The number of aryl methyl sites for hydroxylation is 1. The molecule has 13 heteroatoms. The van der Waals surface area contributed by atoms with Crippen LogP contribution in [0.2, 0.25) is 36.3 Å². The van der Waals surface area contributed by atoms with Crippen LogP contribution in [0.1, 0.15) is 90.8 Å². The molecular weight excluding hydrogens is 685 g/mol. The molecule has 1 aliphatic heterocycles. The maximum atomic E-state index is 14.5. The van der Waals surface area contributed by atoms with Crippen LogP contribution in [0, 0.1) is 12.8 Å². The number of aromatic nitrogens is 2. The molecule has 0 saturated carbocycles. The number of benzene rings is 1. The molecule has 1 aliphatic rings. The van der Waals surface area contributed by atoms with Crippen LogP contribution in [0.5, 0.6) is 5.88 Å². The van der Waals surface area contributed by atoms with Crippen LogP contribution >= 0.6 is 11.3 Å². The first-order chi connectivity index (χ1) is 23.0. The summed E-state index contributed by atoms with van der Waals surface area (Å²) in [5, 5.41) is 16.8. The largest absolute Gasteiger partial charge is 0.491 e. The summed E-state index contributed by atoms with van der Waals surface area (Å²) in [6.07, 6.45) is 0.0612. The van der Waals surface area contributed by atoms with Gasteiger partial charge in [-0.05, 0) is 65.4 Å². The van der Waals surface area contributed by atoms with E-state index in [1.54, 1.807) is 16.2 Å². The Morgan fingerprint density at radius 1 is 1.06 bits per heavy atom. The van der Waals surface area contributed by atoms with E-state index in [1.165, 1.54) is 6.07 Å². The third kappa shape index (κ3) is 8.95. The number of nitrogens with one attached hydrogen (secondary N) is 1. The lowest BCUT2D eigenvalue weighted by Crippen LogP contribution is -2.50. The molecule has 276 valence electrons. The second-order valence-electron chi connectivity index (χ2n) is 17.1. The lowest BCUT2D eigenvalue weighted by Gasteiger charge is -2.38. The van der Waals surface area contributed by atoms with E-state index in [4.69, 9.17) is 13.4 Å². The fourth-order valence-corrected chi connectivity index (χ4v) is 8.94. The quantitative estimate of drug-likeness (QED) is 0.177. The van der Waals surface area contributed by atoms with Gasteiger partial charge >= 0.3 is 0 Å². The Kier molecular flexibility index (Phi) is 12.0. The number of thiazole rings is 1. The second kappa shape index (κ2) is 15.0. The van der Waals surface area contributed by atoms with Gasteiger partial charge in [-0.3, -0.25) is 9.59 Å². The number of carbonyl (C=O) groups excluding carboxylic acids is 2. The Morgan fingerprint density at radius 3 is 2.18 bits per heavy atom. The summed E-state index contributed by atoms with van der Waals surface area (Å²) >= 11 is 1.60. The Hall–Kier alpha value is -2.85. The fourth-order valence-electron chi connectivity index (χ4n) is 5.75. The van der Waals surface area contributed by atoms with E-state index < -0.39 is 34.6 Å². The predicted molar refractivity (Wildman–Crippen MR) is 204 cm³/mol. The van der Waals surface area contributed by atoms with Gasteiger partial charge in [0.2, 0.25) is 11.8 Å². The highest BCUT2D eigenvalue weighted by Crippen LogP contribution is 2.41.